The molecule has 104 valence electrons. The van der Waals surface area contributed by atoms with Gasteiger partial charge in [-0.3, -0.25) is 4.79 Å². The molecule has 0 aliphatic rings. The van der Waals surface area contributed by atoms with E-state index in [0.717, 1.165) is 9.64 Å². The minimum absolute atomic E-state index is 0.0199. The van der Waals surface area contributed by atoms with E-state index >= 15 is 0 Å². The summed E-state index contributed by atoms with van der Waals surface area (Å²) >= 11 is 7.84. The number of hydrogen-bond acceptors (Lipinski definition) is 1. The zero-order valence-electron chi connectivity index (χ0n) is 10.1. The van der Waals surface area contributed by atoms with E-state index in [1.165, 1.54) is 12.1 Å². The molecule has 0 saturated heterocycles. The molecule has 0 saturated carbocycles. The zero-order chi connectivity index (χ0) is 14.7. The molecular weight excluding hydrogens is 399 g/mol. The molecule has 2 aromatic carbocycles. The average Bonchev–Trinajstić information content (AvgIpc) is 2.38. The standard InChI is InChI=1S/C14H9ClF2INO/c15-9-4-5-12(11(18)7-9)19-13(20)6-8-2-1-3-10(16)14(8)17/h1-5,7H,6H2,(H,19,20). The second-order valence-electron chi connectivity index (χ2n) is 4.06. The maximum Gasteiger partial charge on any atom is 0.228 e. The lowest BCUT2D eigenvalue weighted by Gasteiger charge is -2.08. The highest BCUT2D eigenvalue weighted by atomic mass is 127. The van der Waals surface area contributed by atoms with Crippen LogP contribution >= 0.6 is 34.2 Å². The van der Waals surface area contributed by atoms with Crippen LogP contribution in [0, 0.1) is 15.2 Å². The van der Waals surface area contributed by atoms with Crippen LogP contribution in [0.4, 0.5) is 14.5 Å². The number of carbonyl (C=O) groups is 1. The summed E-state index contributed by atoms with van der Waals surface area (Å²) in [6.07, 6.45) is -0.234. The summed E-state index contributed by atoms with van der Waals surface area (Å²) in [6.45, 7) is 0. The van der Waals surface area contributed by atoms with E-state index in [4.69, 9.17) is 11.6 Å². The average molecular weight is 408 g/mol. The molecule has 0 bridgehead atoms. The van der Waals surface area contributed by atoms with Crippen molar-refractivity contribution >= 4 is 45.8 Å². The first kappa shape index (κ1) is 15.2. The van der Waals surface area contributed by atoms with E-state index in [-0.39, 0.29) is 12.0 Å². The highest BCUT2D eigenvalue weighted by Gasteiger charge is 2.12. The van der Waals surface area contributed by atoms with Gasteiger partial charge in [-0.25, -0.2) is 8.78 Å². The van der Waals surface area contributed by atoms with Crippen molar-refractivity contribution in [2.24, 2.45) is 0 Å². The third-order valence-corrected chi connectivity index (χ3v) is 3.72. The molecule has 1 amide bonds. The predicted octanol–water partition coefficient (Wildman–Crippen LogP) is 4.40. The van der Waals surface area contributed by atoms with Gasteiger partial charge in [0.25, 0.3) is 0 Å². The van der Waals surface area contributed by atoms with Crippen LogP contribution < -0.4 is 5.32 Å². The van der Waals surface area contributed by atoms with E-state index in [1.54, 1.807) is 18.2 Å². The SMILES string of the molecule is O=C(Cc1cccc(F)c1F)Nc1ccc(Cl)cc1I. The van der Waals surface area contributed by atoms with Gasteiger partial charge < -0.3 is 5.32 Å². The molecular formula is C14H9ClF2INO. The summed E-state index contributed by atoms with van der Waals surface area (Å²) in [7, 11) is 0. The van der Waals surface area contributed by atoms with Crippen LogP contribution in [0.1, 0.15) is 5.56 Å². The molecule has 1 N–H and O–H groups in total. The van der Waals surface area contributed by atoms with Gasteiger partial charge in [0.2, 0.25) is 5.91 Å². The van der Waals surface area contributed by atoms with Gasteiger partial charge in [0.05, 0.1) is 12.1 Å². The molecule has 0 radical (unpaired) electrons. The largest absolute Gasteiger partial charge is 0.325 e. The maximum absolute atomic E-state index is 13.5. The smallest absolute Gasteiger partial charge is 0.228 e. The molecule has 0 spiro atoms. The maximum atomic E-state index is 13.5. The lowest BCUT2D eigenvalue weighted by atomic mass is 10.1. The number of nitrogens with one attached hydrogen (secondary N) is 1. The van der Waals surface area contributed by atoms with Gasteiger partial charge in [-0.05, 0) is 46.9 Å². The fourth-order valence-corrected chi connectivity index (χ4v) is 2.65. The number of amides is 1. The Morgan fingerprint density at radius 1 is 1.25 bits per heavy atom. The summed E-state index contributed by atoms with van der Waals surface area (Å²) in [4.78, 5) is 11.8. The Morgan fingerprint density at radius 2 is 2.00 bits per heavy atom. The first-order valence-electron chi connectivity index (χ1n) is 5.65. The minimum Gasteiger partial charge on any atom is -0.325 e. The van der Waals surface area contributed by atoms with E-state index in [0.29, 0.717) is 10.7 Å². The Morgan fingerprint density at radius 3 is 2.70 bits per heavy atom. The lowest BCUT2D eigenvalue weighted by molar-refractivity contribution is -0.115. The van der Waals surface area contributed by atoms with Gasteiger partial charge in [0.1, 0.15) is 0 Å². The Kier molecular flexibility index (Phi) is 4.93. The van der Waals surface area contributed by atoms with Crippen LogP contribution in [-0.2, 0) is 11.2 Å². The molecule has 0 aliphatic carbocycles. The number of halogens is 4. The molecule has 2 aromatic rings. The van der Waals surface area contributed by atoms with Crippen molar-refractivity contribution in [3.05, 3.63) is 62.2 Å². The molecule has 0 aliphatic heterocycles. The van der Waals surface area contributed by atoms with Crippen molar-refractivity contribution in [2.45, 2.75) is 6.42 Å². The molecule has 2 rings (SSSR count). The molecule has 0 atom stereocenters. The number of carbonyl (C=O) groups excluding carboxylic acids is 1. The van der Waals surface area contributed by atoms with Crippen LogP contribution in [0.25, 0.3) is 0 Å². The Balaban J connectivity index is 2.11. The number of anilines is 1. The van der Waals surface area contributed by atoms with Crippen molar-refractivity contribution in [2.75, 3.05) is 5.32 Å². The summed E-state index contributed by atoms with van der Waals surface area (Å²) < 4.78 is 27.3. The fraction of sp³-hybridized carbons (Fsp3) is 0.0714. The minimum atomic E-state index is -0.992. The first-order chi connectivity index (χ1) is 9.47. The highest BCUT2D eigenvalue weighted by molar-refractivity contribution is 14.1. The quantitative estimate of drug-likeness (QED) is 0.751. The Bertz CT molecular complexity index is 664. The molecule has 0 aromatic heterocycles. The second-order valence-corrected chi connectivity index (χ2v) is 5.66. The van der Waals surface area contributed by atoms with E-state index in [9.17, 15) is 13.6 Å². The van der Waals surface area contributed by atoms with Crippen molar-refractivity contribution in [3.63, 3.8) is 0 Å². The number of rotatable bonds is 3. The molecule has 20 heavy (non-hydrogen) atoms. The number of hydrogen-bond donors (Lipinski definition) is 1. The Hall–Kier alpha value is -1.21. The molecule has 0 heterocycles. The van der Waals surface area contributed by atoms with Crippen molar-refractivity contribution in [1.82, 2.24) is 0 Å². The summed E-state index contributed by atoms with van der Waals surface area (Å²) in [5.41, 5.74) is 0.600. The van der Waals surface area contributed by atoms with E-state index in [2.05, 4.69) is 5.32 Å². The summed E-state index contributed by atoms with van der Waals surface area (Å²) in [5, 5.41) is 3.20. The summed E-state index contributed by atoms with van der Waals surface area (Å²) in [6, 6.07) is 8.75. The monoisotopic (exact) mass is 407 g/mol. The molecule has 0 fully saturated rings. The Labute approximate surface area is 133 Å². The van der Waals surface area contributed by atoms with Crippen LogP contribution in [0.15, 0.2) is 36.4 Å². The summed E-state index contributed by atoms with van der Waals surface area (Å²) in [5.74, 6) is -2.38. The van der Waals surface area contributed by atoms with Gasteiger partial charge in [0.15, 0.2) is 11.6 Å². The highest BCUT2D eigenvalue weighted by Crippen LogP contribution is 2.22. The van der Waals surface area contributed by atoms with Gasteiger partial charge in [0, 0.05) is 14.2 Å². The third kappa shape index (κ3) is 3.67. The second kappa shape index (κ2) is 6.49. The van der Waals surface area contributed by atoms with Crippen molar-refractivity contribution in [1.29, 1.82) is 0 Å². The van der Waals surface area contributed by atoms with Crippen LogP contribution in [-0.4, -0.2) is 5.91 Å². The number of benzene rings is 2. The normalized spacial score (nSPS) is 10.4. The van der Waals surface area contributed by atoms with Crippen LogP contribution in [0.3, 0.4) is 0 Å². The molecule has 2 nitrogen and oxygen atoms in total. The third-order valence-electron chi connectivity index (χ3n) is 2.59. The molecule has 0 unspecified atom stereocenters. The predicted molar refractivity (Wildman–Crippen MR) is 82.9 cm³/mol. The zero-order valence-corrected chi connectivity index (χ0v) is 13.0. The van der Waals surface area contributed by atoms with Crippen molar-refractivity contribution in [3.8, 4) is 0 Å². The first-order valence-corrected chi connectivity index (χ1v) is 7.11. The van der Waals surface area contributed by atoms with Gasteiger partial charge in [-0.15, -0.1) is 0 Å². The molecule has 6 heteroatoms. The van der Waals surface area contributed by atoms with E-state index < -0.39 is 17.5 Å². The van der Waals surface area contributed by atoms with Gasteiger partial charge in [-0.1, -0.05) is 23.7 Å². The van der Waals surface area contributed by atoms with Crippen LogP contribution in [0.5, 0.6) is 0 Å². The lowest BCUT2D eigenvalue weighted by Crippen LogP contribution is -2.16. The van der Waals surface area contributed by atoms with E-state index in [1.807, 2.05) is 22.6 Å². The van der Waals surface area contributed by atoms with Gasteiger partial charge in [-0.2, -0.15) is 0 Å². The van der Waals surface area contributed by atoms with Crippen molar-refractivity contribution < 1.29 is 13.6 Å². The topological polar surface area (TPSA) is 29.1 Å². The fourth-order valence-electron chi connectivity index (χ4n) is 1.64. The van der Waals surface area contributed by atoms with Gasteiger partial charge >= 0.3 is 0 Å². The van der Waals surface area contributed by atoms with Crippen LogP contribution in [0.2, 0.25) is 5.02 Å².